The number of rotatable bonds is 31. The summed E-state index contributed by atoms with van der Waals surface area (Å²) in [7, 11) is 3.29. The van der Waals surface area contributed by atoms with Crippen molar-refractivity contribution in [3.63, 3.8) is 0 Å². The third-order valence-electron chi connectivity index (χ3n) is 17.6. The number of ether oxygens (including phenoxy) is 1. The highest BCUT2D eigenvalue weighted by atomic mass is 16.5. The predicted octanol–water partition coefficient (Wildman–Crippen LogP) is 3.41. The second-order valence-corrected chi connectivity index (χ2v) is 23.3. The molecule has 0 saturated carbocycles. The first kappa shape index (κ1) is 65.5. The maximum absolute atomic E-state index is 14.6. The van der Waals surface area contributed by atoms with Gasteiger partial charge in [-0.3, -0.25) is 43.2 Å². The quantitative estimate of drug-likeness (QED) is 0.0419. The lowest BCUT2D eigenvalue weighted by Crippen LogP contribution is -2.59. The van der Waals surface area contributed by atoms with Gasteiger partial charge in [0.15, 0.2) is 5.78 Å². The highest BCUT2D eigenvalue weighted by molar-refractivity contribution is 5.97. The molecule has 4 heterocycles. The Morgan fingerprint density at radius 3 is 1.48 bits per heavy atom. The molecule has 4 saturated heterocycles. The Kier molecular flexibility index (Phi) is 25.4. The molecule has 8 amide bonds. The number of aliphatic hydroxyl groups excluding tert-OH is 1. The van der Waals surface area contributed by atoms with E-state index in [0.717, 1.165) is 49.7 Å². The van der Waals surface area contributed by atoms with E-state index in [9.17, 15) is 48.3 Å². The van der Waals surface area contributed by atoms with Crippen molar-refractivity contribution >= 4 is 53.0 Å². The third kappa shape index (κ3) is 18.0. The van der Waals surface area contributed by atoms with Crippen molar-refractivity contribution in [2.75, 3.05) is 47.0 Å². The number of carbonyl (C=O) groups excluding carboxylic acids is 9. The van der Waals surface area contributed by atoms with Crippen molar-refractivity contribution in [3.05, 3.63) is 108 Å². The lowest BCUT2D eigenvalue weighted by atomic mass is 9.92. The summed E-state index contributed by atoms with van der Waals surface area (Å²) in [5, 5.41) is 33.7. The van der Waals surface area contributed by atoms with Crippen LogP contribution in [0.25, 0.3) is 0 Å². The minimum absolute atomic E-state index is 0.0648. The molecule has 1 unspecified atom stereocenters. The van der Waals surface area contributed by atoms with Gasteiger partial charge in [0.05, 0.1) is 18.1 Å². The van der Waals surface area contributed by atoms with Crippen molar-refractivity contribution in [1.82, 2.24) is 52.3 Å². The number of Topliss-reactive ketones (excluding diaryl/α,β-unsaturated/α-hetero) is 1. The number of aliphatic hydroxyl groups is 1. The van der Waals surface area contributed by atoms with Crippen molar-refractivity contribution in [2.45, 2.75) is 177 Å². The Hall–Kier alpha value is -7.07. The summed E-state index contributed by atoms with van der Waals surface area (Å²) in [5.74, 6) is -4.13. The van der Waals surface area contributed by atoms with E-state index in [1.807, 2.05) is 78.9 Å². The minimum atomic E-state index is -1.01. The molecule has 9 N–H and O–H groups in total. The summed E-state index contributed by atoms with van der Waals surface area (Å²) in [6.45, 7) is 2.89. The number of ketones is 1. The molecule has 11 atom stereocenters. The van der Waals surface area contributed by atoms with Gasteiger partial charge in [-0.2, -0.15) is 0 Å². The largest absolute Gasteiger partial charge is 0.396 e. The number of nitrogens with one attached hydrogen (secondary N) is 8. The number of benzene rings is 3. The molecule has 4 aliphatic heterocycles. The number of nitrogens with zero attached hydrogens (tertiary/aromatic N) is 2. The SMILES string of the molecule is CN[C@@H](C)C(=O)NC1C(=O)N2[C@@H](CC[C@@H]1CO)CC[C@H]2C(=O)N[C@H](C(=O)CCCCCCCCCNC(=O)COCC(=O)NC[C@H]1CC[C@H]2CC[C@@H](C(=O)NC(c3ccccc3)c3ccccc3)N2C(=O)[C@H]1NC(=O)[C@H](C)NC)c1ccccc1. The van der Waals surface area contributed by atoms with Gasteiger partial charge < -0.3 is 62.2 Å². The molecule has 21 nitrogen and oxygen atoms in total. The summed E-state index contributed by atoms with van der Waals surface area (Å²) in [6.07, 6.45) is 10.4. The van der Waals surface area contributed by atoms with E-state index < -0.39 is 77.9 Å². The monoisotopic (exact) mass is 1170 g/mol. The fourth-order valence-electron chi connectivity index (χ4n) is 12.4. The van der Waals surface area contributed by atoms with E-state index >= 15 is 0 Å². The van der Waals surface area contributed by atoms with Crippen LogP contribution in [0.15, 0.2) is 91.0 Å². The van der Waals surface area contributed by atoms with Gasteiger partial charge in [-0.15, -0.1) is 0 Å². The zero-order chi connectivity index (χ0) is 60.8. The molecular formula is C64H90N10O11. The van der Waals surface area contributed by atoms with Gasteiger partial charge in [-0.25, -0.2) is 0 Å². The van der Waals surface area contributed by atoms with Crippen LogP contribution in [-0.4, -0.2) is 163 Å². The van der Waals surface area contributed by atoms with Gasteiger partial charge >= 0.3 is 0 Å². The first-order valence-corrected chi connectivity index (χ1v) is 30.7. The van der Waals surface area contributed by atoms with E-state index in [0.29, 0.717) is 69.9 Å². The van der Waals surface area contributed by atoms with Crippen molar-refractivity contribution in [3.8, 4) is 0 Å². The van der Waals surface area contributed by atoms with E-state index in [4.69, 9.17) is 4.74 Å². The Morgan fingerprint density at radius 1 is 0.541 bits per heavy atom. The minimum Gasteiger partial charge on any atom is -0.396 e. The Balaban J connectivity index is 0.791. The Bertz CT molecular complexity index is 2670. The molecule has 462 valence electrons. The predicted molar refractivity (Wildman–Crippen MR) is 320 cm³/mol. The van der Waals surface area contributed by atoms with Crippen LogP contribution in [0.5, 0.6) is 0 Å². The maximum Gasteiger partial charge on any atom is 0.246 e. The molecule has 0 bridgehead atoms. The topological polar surface area (TPSA) is 286 Å². The van der Waals surface area contributed by atoms with E-state index in [2.05, 4.69) is 42.5 Å². The summed E-state index contributed by atoms with van der Waals surface area (Å²) in [5.41, 5.74) is 2.46. The van der Waals surface area contributed by atoms with Crippen LogP contribution in [0, 0.1) is 11.8 Å². The van der Waals surface area contributed by atoms with Gasteiger partial charge in [-0.1, -0.05) is 123 Å². The van der Waals surface area contributed by atoms with E-state index in [1.165, 1.54) is 0 Å². The van der Waals surface area contributed by atoms with Crippen molar-refractivity contribution in [1.29, 1.82) is 0 Å². The molecule has 4 aliphatic rings. The van der Waals surface area contributed by atoms with Crippen LogP contribution in [-0.2, 0) is 47.9 Å². The second kappa shape index (κ2) is 33.0. The summed E-state index contributed by atoms with van der Waals surface area (Å²) in [6, 6.07) is 21.9. The van der Waals surface area contributed by atoms with E-state index in [1.54, 1.807) is 49.9 Å². The number of hydrogen-bond donors (Lipinski definition) is 9. The molecule has 3 aromatic carbocycles. The van der Waals surface area contributed by atoms with Crippen molar-refractivity contribution in [2.24, 2.45) is 11.8 Å². The van der Waals surface area contributed by atoms with Gasteiger partial charge in [0, 0.05) is 50.0 Å². The number of hydrogen-bond acceptors (Lipinski definition) is 13. The third-order valence-corrected chi connectivity index (χ3v) is 17.6. The fraction of sp³-hybridized carbons (Fsp3) is 0.578. The van der Waals surface area contributed by atoms with Gasteiger partial charge in [0.1, 0.15) is 43.4 Å². The van der Waals surface area contributed by atoms with Crippen molar-refractivity contribution < 1.29 is 53.0 Å². The molecule has 3 aromatic rings. The number of unbranched alkanes of at least 4 members (excludes halogenated alkanes) is 6. The standard InChI is InChI=1S/C64H90N10O11/c1-41(65-3)59(79)71-57-46(28-30-48-32-34-50(73(48)63(57)83)61(81)69-55(43-21-13-10-14-22-43)44-23-15-11-16-24-44)37-68-54(78)40-85-39-53(77)67-36-20-9-7-5-6-8-19-27-52(76)56(45-25-17-12-18-26-45)70-62(82)51-35-33-49-31-29-47(38-75)58(64(84)74(49)51)72-60(80)42(2)66-4/h10-18,21-26,41-42,46-51,55-58,65-66,75H,5-9,19-20,27-40H2,1-4H3,(H,67,77)(H,68,78)(H,69,81)(H,70,82)(H,71,79)(H,72,80)/t41-,42-,46+,47+,48-,49-,50-,51-,56-,57-,58?/m0/s1. The number of fused-ring (bicyclic) bond motifs is 2. The zero-order valence-electron chi connectivity index (χ0n) is 49.9. The second-order valence-electron chi connectivity index (χ2n) is 23.3. The smallest absolute Gasteiger partial charge is 0.246 e. The lowest BCUT2D eigenvalue weighted by Gasteiger charge is -2.33. The molecule has 0 aliphatic carbocycles. The van der Waals surface area contributed by atoms with Gasteiger partial charge in [-0.05, 0) is 109 Å². The average Bonchev–Trinajstić information content (AvgIpc) is 2.28. The zero-order valence-corrected chi connectivity index (χ0v) is 49.9. The molecule has 0 radical (unpaired) electrons. The van der Waals surface area contributed by atoms with Crippen LogP contribution >= 0.6 is 0 Å². The number of likely N-dealkylation sites (N-methyl/N-ethyl adjacent to an activating group) is 2. The first-order chi connectivity index (χ1) is 41.1. The van der Waals surface area contributed by atoms with Gasteiger partial charge in [0.2, 0.25) is 47.3 Å². The number of amides is 8. The average molecular weight is 1180 g/mol. The first-order valence-electron chi connectivity index (χ1n) is 30.7. The van der Waals surface area contributed by atoms with Crippen LogP contribution in [0.2, 0.25) is 0 Å². The molecule has 4 fully saturated rings. The fourth-order valence-corrected chi connectivity index (χ4v) is 12.4. The molecule has 7 rings (SSSR count). The van der Waals surface area contributed by atoms with Crippen LogP contribution in [0.4, 0.5) is 0 Å². The molecule has 21 heteroatoms. The Morgan fingerprint density at radius 2 is 0.976 bits per heavy atom. The summed E-state index contributed by atoms with van der Waals surface area (Å²) in [4.78, 5) is 126. The van der Waals surface area contributed by atoms with E-state index in [-0.39, 0.29) is 80.2 Å². The molecule has 85 heavy (non-hydrogen) atoms. The normalized spacial score (nSPS) is 23.1. The Labute approximate surface area is 500 Å². The highest BCUT2D eigenvalue weighted by Gasteiger charge is 2.50. The molecule has 0 spiro atoms. The highest BCUT2D eigenvalue weighted by Crippen LogP contribution is 2.37. The van der Waals surface area contributed by atoms with Crippen LogP contribution < -0.4 is 42.5 Å². The number of carbonyl (C=O) groups is 9. The van der Waals surface area contributed by atoms with Crippen LogP contribution in [0.3, 0.4) is 0 Å². The molecular weight excluding hydrogens is 1080 g/mol. The summed E-state index contributed by atoms with van der Waals surface area (Å²) < 4.78 is 5.46. The molecule has 0 aromatic heterocycles. The lowest BCUT2D eigenvalue weighted by molar-refractivity contribution is -0.144. The summed E-state index contributed by atoms with van der Waals surface area (Å²) >= 11 is 0. The maximum atomic E-state index is 14.6. The van der Waals surface area contributed by atoms with Crippen LogP contribution in [0.1, 0.15) is 145 Å². The van der Waals surface area contributed by atoms with Gasteiger partial charge in [0.25, 0.3) is 0 Å².